The van der Waals surface area contributed by atoms with Gasteiger partial charge in [-0.05, 0) is 79.4 Å². The molecule has 5 rings (SSSR count). The molecule has 12 nitrogen and oxygen atoms in total. The maximum Gasteiger partial charge on any atom is 0.377 e. The highest BCUT2D eigenvalue weighted by atomic mass is 19.1. The van der Waals surface area contributed by atoms with Crippen molar-refractivity contribution in [1.29, 1.82) is 0 Å². The van der Waals surface area contributed by atoms with Crippen molar-refractivity contribution in [2.75, 3.05) is 25.1 Å². The lowest BCUT2D eigenvalue weighted by atomic mass is 10.1. The first kappa shape index (κ1) is 31.1. The fourth-order valence-corrected chi connectivity index (χ4v) is 5.21. The quantitative estimate of drug-likeness (QED) is 0.210. The Morgan fingerprint density at radius 1 is 0.933 bits per heavy atom. The lowest BCUT2D eigenvalue weighted by Gasteiger charge is -2.27. The number of likely N-dealkylation sites (tertiary alicyclic amines) is 1. The first-order chi connectivity index (χ1) is 21.7. The Kier molecular flexibility index (Phi) is 9.36. The fraction of sp³-hybridized carbons (Fsp3) is 0.312. The van der Waals surface area contributed by atoms with Gasteiger partial charge < -0.3 is 14.4 Å². The van der Waals surface area contributed by atoms with Gasteiger partial charge in [0.1, 0.15) is 29.4 Å². The van der Waals surface area contributed by atoms with Crippen LogP contribution in [0.1, 0.15) is 59.4 Å². The van der Waals surface area contributed by atoms with Crippen LogP contribution in [-0.2, 0) is 11.3 Å². The van der Waals surface area contributed by atoms with E-state index in [2.05, 4.69) is 10.4 Å². The summed E-state index contributed by atoms with van der Waals surface area (Å²) in [5.74, 6) is -1.76. The number of methoxy groups -OCH3 is 1. The molecule has 45 heavy (non-hydrogen) atoms. The minimum absolute atomic E-state index is 0.0245. The third-order valence-corrected chi connectivity index (χ3v) is 7.45. The molecule has 1 aliphatic rings. The number of carbonyl (C=O) groups excluding carboxylic acids is 3. The van der Waals surface area contributed by atoms with Crippen LogP contribution in [0.4, 0.5) is 14.9 Å². The maximum absolute atomic E-state index is 15.2. The summed E-state index contributed by atoms with van der Waals surface area (Å²) >= 11 is 0. The number of tetrazole rings is 1. The number of hydrogen-bond acceptors (Lipinski definition) is 8. The number of amides is 2. The number of para-hydroxylation sites is 1. The molecule has 0 bridgehead atoms. The Labute approximate surface area is 258 Å². The van der Waals surface area contributed by atoms with Gasteiger partial charge in [0.05, 0.1) is 12.7 Å². The Balaban J connectivity index is 1.47. The van der Waals surface area contributed by atoms with Crippen molar-refractivity contribution in [3.8, 4) is 11.4 Å². The smallest absolute Gasteiger partial charge is 0.377 e. The van der Waals surface area contributed by atoms with Crippen LogP contribution in [0, 0.1) is 5.82 Å². The predicted octanol–water partition coefficient (Wildman–Crippen LogP) is 4.44. The van der Waals surface area contributed by atoms with Gasteiger partial charge in [0.15, 0.2) is 0 Å². The zero-order valence-electron chi connectivity index (χ0n) is 25.2. The van der Waals surface area contributed by atoms with E-state index in [1.165, 1.54) is 36.3 Å². The molecule has 0 unspecified atom stereocenters. The van der Waals surface area contributed by atoms with Crippen LogP contribution in [0.25, 0.3) is 5.69 Å². The molecule has 0 spiro atoms. The minimum atomic E-state index is -1.07. The summed E-state index contributed by atoms with van der Waals surface area (Å²) in [5.41, 5.74) is -0.421. The zero-order chi connectivity index (χ0) is 32.1. The van der Waals surface area contributed by atoms with Gasteiger partial charge in [0.25, 0.3) is 5.91 Å². The molecule has 4 aromatic rings. The first-order valence-corrected chi connectivity index (χ1v) is 14.6. The molecule has 2 amide bonds. The largest absolute Gasteiger partial charge is 0.496 e. The number of carbonyl (C=O) groups is 3. The summed E-state index contributed by atoms with van der Waals surface area (Å²) in [5, 5.41) is 7.53. The number of halogens is 1. The normalized spacial score (nSPS) is 13.0. The third-order valence-electron chi connectivity index (χ3n) is 7.45. The van der Waals surface area contributed by atoms with E-state index in [1.54, 1.807) is 24.8 Å². The van der Waals surface area contributed by atoms with Crippen molar-refractivity contribution < 1.29 is 28.2 Å². The summed E-state index contributed by atoms with van der Waals surface area (Å²) in [6.45, 7) is 4.47. The van der Waals surface area contributed by atoms with Crippen LogP contribution in [0.2, 0.25) is 0 Å². The standard InChI is InChI=1S/C32H33FN6O6/c1-21(2)37(23-15-16-27(44-3)25(19-23)30(41)45-20-22-11-6-4-7-12-22)31(42)39-32(43)38(34-35-39)28-24(13-10-14-26(28)33)29(40)36-17-8-5-9-18-36/h4,6-7,10-16,19,21H,5,8-9,17-18,20H2,1-3H3. The number of ether oxygens (including phenoxy) is 2. The van der Waals surface area contributed by atoms with Crippen LogP contribution in [0.5, 0.6) is 5.75 Å². The number of piperidine rings is 1. The second-order valence-electron chi connectivity index (χ2n) is 10.8. The summed E-state index contributed by atoms with van der Waals surface area (Å²) in [4.78, 5) is 56.6. The summed E-state index contributed by atoms with van der Waals surface area (Å²) < 4.78 is 27.2. The van der Waals surface area contributed by atoms with Gasteiger partial charge in [0, 0.05) is 24.8 Å². The molecule has 1 aliphatic heterocycles. The molecular formula is C32H33FN6O6. The molecule has 0 aliphatic carbocycles. The number of esters is 1. The van der Waals surface area contributed by atoms with Gasteiger partial charge in [-0.25, -0.2) is 18.8 Å². The number of hydrogen-bond donors (Lipinski definition) is 0. The molecule has 1 fully saturated rings. The topological polar surface area (TPSA) is 129 Å². The number of aromatic nitrogens is 4. The van der Waals surface area contributed by atoms with Gasteiger partial charge in [-0.3, -0.25) is 9.69 Å². The zero-order valence-corrected chi connectivity index (χ0v) is 25.2. The van der Waals surface area contributed by atoms with E-state index in [1.807, 2.05) is 30.3 Å². The second-order valence-corrected chi connectivity index (χ2v) is 10.8. The van der Waals surface area contributed by atoms with Crippen molar-refractivity contribution in [2.24, 2.45) is 0 Å². The van der Waals surface area contributed by atoms with Crippen LogP contribution in [0.3, 0.4) is 0 Å². The highest BCUT2D eigenvalue weighted by Crippen LogP contribution is 2.28. The number of benzene rings is 3. The van der Waals surface area contributed by atoms with Gasteiger partial charge in [-0.1, -0.05) is 36.4 Å². The number of nitrogens with zero attached hydrogens (tertiary/aromatic N) is 6. The lowest BCUT2D eigenvalue weighted by Crippen LogP contribution is -2.45. The molecule has 1 aromatic heterocycles. The van der Waals surface area contributed by atoms with Crippen LogP contribution >= 0.6 is 0 Å². The molecule has 2 heterocycles. The van der Waals surface area contributed by atoms with Crippen LogP contribution < -0.4 is 15.3 Å². The Bertz CT molecular complexity index is 1760. The van der Waals surface area contributed by atoms with E-state index in [4.69, 9.17) is 9.47 Å². The molecule has 234 valence electrons. The Hall–Kier alpha value is -5.33. The van der Waals surface area contributed by atoms with Crippen molar-refractivity contribution in [1.82, 2.24) is 24.7 Å². The van der Waals surface area contributed by atoms with E-state index in [9.17, 15) is 19.2 Å². The van der Waals surface area contributed by atoms with Gasteiger partial charge in [-0.2, -0.15) is 4.68 Å². The van der Waals surface area contributed by atoms with E-state index in [0.717, 1.165) is 30.9 Å². The number of rotatable bonds is 8. The molecule has 0 N–H and O–H groups in total. The summed E-state index contributed by atoms with van der Waals surface area (Å²) in [6, 6.07) is 16.1. The van der Waals surface area contributed by atoms with E-state index in [-0.39, 0.29) is 34.9 Å². The molecule has 0 saturated carbocycles. The molecule has 13 heteroatoms. The SMILES string of the molecule is COc1ccc(N(C(=O)n2nnn(-c3c(F)cccc3C(=O)N3CCCCC3)c2=O)C(C)C)cc1C(=O)OCc1ccccc1. The maximum atomic E-state index is 15.2. The van der Waals surface area contributed by atoms with Gasteiger partial charge in [0.2, 0.25) is 0 Å². The van der Waals surface area contributed by atoms with Gasteiger partial charge in [-0.15, -0.1) is 4.68 Å². The third kappa shape index (κ3) is 6.47. The fourth-order valence-electron chi connectivity index (χ4n) is 5.21. The van der Waals surface area contributed by atoms with Crippen molar-refractivity contribution in [2.45, 2.75) is 45.8 Å². The average molecular weight is 617 g/mol. The van der Waals surface area contributed by atoms with Crippen molar-refractivity contribution in [3.05, 3.63) is 99.7 Å². The van der Waals surface area contributed by atoms with E-state index < -0.39 is 35.5 Å². The van der Waals surface area contributed by atoms with Crippen LogP contribution in [0.15, 0.2) is 71.5 Å². The summed E-state index contributed by atoms with van der Waals surface area (Å²) in [6.07, 6.45) is 2.64. The van der Waals surface area contributed by atoms with Crippen molar-refractivity contribution >= 4 is 23.6 Å². The van der Waals surface area contributed by atoms with E-state index in [0.29, 0.717) is 22.5 Å². The molecule has 0 radical (unpaired) electrons. The monoisotopic (exact) mass is 616 g/mol. The summed E-state index contributed by atoms with van der Waals surface area (Å²) in [7, 11) is 1.40. The van der Waals surface area contributed by atoms with Crippen molar-refractivity contribution in [3.63, 3.8) is 0 Å². The molecule has 0 atom stereocenters. The Morgan fingerprint density at radius 2 is 1.67 bits per heavy atom. The predicted molar refractivity (Wildman–Crippen MR) is 162 cm³/mol. The molecule has 3 aromatic carbocycles. The first-order valence-electron chi connectivity index (χ1n) is 14.6. The van der Waals surface area contributed by atoms with E-state index >= 15 is 4.39 Å². The molecular weight excluding hydrogens is 583 g/mol. The molecule has 1 saturated heterocycles. The van der Waals surface area contributed by atoms with Gasteiger partial charge >= 0.3 is 17.7 Å². The Morgan fingerprint density at radius 3 is 2.36 bits per heavy atom. The highest BCUT2D eigenvalue weighted by Gasteiger charge is 2.30. The average Bonchev–Trinajstić information content (AvgIpc) is 3.44. The van der Waals surface area contributed by atoms with Crippen LogP contribution in [-0.4, -0.2) is 68.8 Å². The number of anilines is 1. The minimum Gasteiger partial charge on any atom is -0.496 e. The second kappa shape index (κ2) is 13.5. The highest BCUT2D eigenvalue weighted by molar-refractivity contribution is 5.99. The lowest BCUT2D eigenvalue weighted by molar-refractivity contribution is 0.0468.